The van der Waals surface area contributed by atoms with Gasteiger partial charge in [0.25, 0.3) is 0 Å². The van der Waals surface area contributed by atoms with Gasteiger partial charge in [-0.1, -0.05) is 0 Å². The zero-order chi connectivity index (χ0) is 10.6. The van der Waals surface area contributed by atoms with Crippen LogP contribution < -0.4 is 4.74 Å². The molecule has 4 heteroatoms. The first kappa shape index (κ1) is 10.9. The van der Waals surface area contributed by atoms with Crippen molar-refractivity contribution >= 4 is 0 Å². The van der Waals surface area contributed by atoms with Crippen molar-refractivity contribution in [2.45, 2.75) is 13.8 Å². The van der Waals surface area contributed by atoms with Gasteiger partial charge in [-0.3, -0.25) is 0 Å². The van der Waals surface area contributed by atoms with Gasteiger partial charge in [0, 0.05) is 18.3 Å². The van der Waals surface area contributed by atoms with E-state index in [1.54, 1.807) is 0 Å². The molecule has 78 valence electrons. The summed E-state index contributed by atoms with van der Waals surface area (Å²) >= 11 is 0. The molecule has 0 bridgehead atoms. The topological polar surface area (TPSA) is 38.2 Å². The fraction of sp³-hybridized carbons (Fsp3) is 0.600. The standard InChI is InChI=1S/C10H17N3O/c1-8-7-10(12-9(2)11-8)14-6-5-13(3)4/h7H,5-6H2,1-4H3. The molecule has 0 amide bonds. The van der Waals surface area contributed by atoms with Crippen LogP contribution in [0.4, 0.5) is 0 Å². The molecule has 0 saturated carbocycles. The number of ether oxygens (including phenoxy) is 1. The Morgan fingerprint density at radius 3 is 2.57 bits per heavy atom. The Balaban J connectivity index is 2.50. The minimum Gasteiger partial charge on any atom is -0.476 e. The number of hydrogen-bond acceptors (Lipinski definition) is 4. The van der Waals surface area contributed by atoms with E-state index in [4.69, 9.17) is 4.74 Å². The number of hydrogen-bond donors (Lipinski definition) is 0. The first-order valence-corrected chi connectivity index (χ1v) is 4.68. The summed E-state index contributed by atoms with van der Waals surface area (Å²) in [5.41, 5.74) is 0.942. The van der Waals surface area contributed by atoms with Crippen molar-refractivity contribution in [3.8, 4) is 5.88 Å². The maximum atomic E-state index is 5.49. The van der Waals surface area contributed by atoms with E-state index in [0.717, 1.165) is 18.1 Å². The molecule has 0 aliphatic carbocycles. The van der Waals surface area contributed by atoms with E-state index in [-0.39, 0.29) is 0 Å². The maximum absolute atomic E-state index is 5.49. The fourth-order valence-corrected chi connectivity index (χ4v) is 1.09. The van der Waals surface area contributed by atoms with Crippen LogP contribution in [0.1, 0.15) is 11.5 Å². The van der Waals surface area contributed by atoms with Crippen molar-refractivity contribution in [1.29, 1.82) is 0 Å². The molecule has 1 rings (SSSR count). The summed E-state index contributed by atoms with van der Waals surface area (Å²) in [7, 11) is 4.03. The number of aryl methyl sites for hydroxylation is 2. The second kappa shape index (κ2) is 4.91. The van der Waals surface area contributed by atoms with Crippen LogP contribution in [0.3, 0.4) is 0 Å². The minimum atomic E-state index is 0.656. The predicted octanol–water partition coefficient (Wildman–Crippen LogP) is 1.03. The molecule has 0 radical (unpaired) electrons. The van der Waals surface area contributed by atoms with Crippen LogP contribution in [0.25, 0.3) is 0 Å². The van der Waals surface area contributed by atoms with Crippen molar-refractivity contribution in [2.75, 3.05) is 27.2 Å². The molecular weight excluding hydrogens is 178 g/mol. The number of aromatic nitrogens is 2. The zero-order valence-corrected chi connectivity index (χ0v) is 9.24. The van der Waals surface area contributed by atoms with Crippen LogP contribution in [-0.4, -0.2) is 42.1 Å². The molecule has 1 heterocycles. The lowest BCUT2D eigenvalue weighted by atomic mass is 10.4. The predicted molar refractivity (Wildman–Crippen MR) is 55.6 cm³/mol. The average Bonchev–Trinajstić information content (AvgIpc) is 2.01. The summed E-state index contributed by atoms with van der Waals surface area (Å²) < 4.78 is 5.49. The van der Waals surface area contributed by atoms with Gasteiger partial charge in [-0.05, 0) is 27.9 Å². The Morgan fingerprint density at radius 1 is 1.29 bits per heavy atom. The van der Waals surface area contributed by atoms with Crippen molar-refractivity contribution in [1.82, 2.24) is 14.9 Å². The molecular formula is C10H17N3O. The fourth-order valence-electron chi connectivity index (χ4n) is 1.09. The highest BCUT2D eigenvalue weighted by molar-refractivity contribution is 5.14. The van der Waals surface area contributed by atoms with Crippen LogP contribution in [0.15, 0.2) is 6.07 Å². The Labute approximate surface area is 84.9 Å². The summed E-state index contributed by atoms with van der Waals surface area (Å²) in [5.74, 6) is 1.42. The largest absolute Gasteiger partial charge is 0.476 e. The zero-order valence-electron chi connectivity index (χ0n) is 9.24. The van der Waals surface area contributed by atoms with Gasteiger partial charge in [-0.25, -0.2) is 4.98 Å². The molecule has 0 N–H and O–H groups in total. The molecule has 1 aromatic heterocycles. The molecule has 0 saturated heterocycles. The van der Waals surface area contributed by atoms with Crippen LogP contribution in [0.5, 0.6) is 5.88 Å². The van der Waals surface area contributed by atoms with Gasteiger partial charge in [0.2, 0.25) is 5.88 Å². The van der Waals surface area contributed by atoms with Gasteiger partial charge in [0.15, 0.2) is 0 Å². The van der Waals surface area contributed by atoms with E-state index in [2.05, 4.69) is 14.9 Å². The molecule has 1 aromatic rings. The molecule has 0 aromatic carbocycles. The quantitative estimate of drug-likeness (QED) is 0.719. The van der Waals surface area contributed by atoms with Gasteiger partial charge in [-0.15, -0.1) is 0 Å². The lowest BCUT2D eigenvalue weighted by Crippen LogP contribution is -2.19. The molecule has 0 atom stereocenters. The number of likely N-dealkylation sites (N-methyl/N-ethyl adjacent to an activating group) is 1. The van der Waals surface area contributed by atoms with Gasteiger partial charge in [-0.2, -0.15) is 4.98 Å². The Bertz CT molecular complexity index is 279. The van der Waals surface area contributed by atoms with Crippen molar-refractivity contribution < 1.29 is 4.74 Å². The highest BCUT2D eigenvalue weighted by Gasteiger charge is 1.99. The maximum Gasteiger partial charge on any atom is 0.216 e. The second-order valence-electron chi connectivity index (χ2n) is 3.55. The van der Waals surface area contributed by atoms with E-state index < -0.39 is 0 Å². The summed E-state index contributed by atoms with van der Waals surface area (Å²) in [6.07, 6.45) is 0. The number of rotatable bonds is 4. The summed E-state index contributed by atoms with van der Waals surface area (Å²) in [5, 5.41) is 0. The molecule has 14 heavy (non-hydrogen) atoms. The lowest BCUT2D eigenvalue weighted by Gasteiger charge is -2.10. The summed E-state index contributed by atoms with van der Waals surface area (Å²) in [4.78, 5) is 10.4. The highest BCUT2D eigenvalue weighted by Crippen LogP contribution is 2.07. The smallest absolute Gasteiger partial charge is 0.216 e. The monoisotopic (exact) mass is 195 g/mol. The molecule has 0 fully saturated rings. The number of nitrogens with zero attached hydrogens (tertiary/aromatic N) is 3. The lowest BCUT2D eigenvalue weighted by molar-refractivity contribution is 0.253. The normalized spacial score (nSPS) is 10.6. The van der Waals surface area contributed by atoms with Crippen molar-refractivity contribution in [2.24, 2.45) is 0 Å². The summed E-state index contributed by atoms with van der Waals surface area (Å²) in [6.45, 7) is 5.35. The summed E-state index contributed by atoms with van der Waals surface area (Å²) in [6, 6.07) is 1.85. The van der Waals surface area contributed by atoms with E-state index in [0.29, 0.717) is 12.5 Å². The van der Waals surface area contributed by atoms with Crippen LogP contribution in [0.2, 0.25) is 0 Å². The van der Waals surface area contributed by atoms with Gasteiger partial charge >= 0.3 is 0 Å². The van der Waals surface area contributed by atoms with E-state index >= 15 is 0 Å². The van der Waals surface area contributed by atoms with Crippen molar-refractivity contribution in [3.63, 3.8) is 0 Å². The van der Waals surface area contributed by atoms with Crippen LogP contribution >= 0.6 is 0 Å². The van der Waals surface area contributed by atoms with Gasteiger partial charge < -0.3 is 9.64 Å². The highest BCUT2D eigenvalue weighted by atomic mass is 16.5. The Morgan fingerprint density at radius 2 is 2.00 bits per heavy atom. The third-order valence-electron chi connectivity index (χ3n) is 1.73. The van der Waals surface area contributed by atoms with Gasteiger partial charge in [0.1, 0.15) is 12.4 Å². The average molecular weight is 195 g/mol. The molecule has 4 nitrogen and oxygen atoms in total. The van der Waals surface area contributed by atoms with Gasteiger partial charge in [0.05, 0.1) is 0 Å². The Kier molecular flexibility index (Phi) is 3.83. The van der Waals surface area contributed by atoms with Crippen LogP contribution in [0, 0.1) is 13.8 Å². The molecule has 0 aliphatic rings. The first-order chi connectivity index (χ1) is 6.58. The van der Waals surface area contributed by atoms with Crippen LogP contribution in [-0.2, 0) is 0 Å². The third-order valence-corrected chi connectivity index (χ3v) is 1.73. The minimum absolute atomic E-state index is 0.656. The van der Waals surface area contributed by atoms with E-state index in [1.165, 1.54) is 0 Å². The van der Waals surface area contributed by atoms with Crippen molar-refractivity contribution in [3.05, 3.63) is 17.6 Å². The van der Waals surface area contributed by atoms with E-state index in [1.807, 2.05) is 34.0 Å². The second-order valence-corrected chi connectivity index (χ2v) is 3.55. The third kappa shape index (κ3) is 3.70. The SMILES string of the molecule is Cc1cc(OCCN(C)C)nc(C)n1. The molecule has 0 aliphatic heterocycles. The molecule has 0 unspecified atom stereocenters. The van der Waals surface area contributed by atoms with E-state index in [9.17, 15) is 0 Å². The molecule has 0 spiro atoms. The first-order valence-electron chi connectivity index (χ1n) is 4.68. The Hall–Kier alpha value is -1.16.